The molecule has 198 valence electrons. The average molecular weight is 545 g/mol. The summed E-state index contributed by atoms with van der Waals surface area (Å²) in [5, 5.41) is 23.1. The summed E-state index contributed by atoms with van der Waals surface area (Å²) < 4.78 is 6.00. The number of aryl methyl sites for hydroxylation is 1. The number of benzene rings is 2. The van der Waals surface area contributed by atoms with Crippen molar-refractivity contribution in [2.45, 2.75) is 32.7 Å². The smallest absolute Gasteiger partial charge is 0.301 e. The number of pyridine rings is 1. The van der Waals surface area contributed by atoms with Gasteiger partial charge < -0.3 is 9.84 Å². The Kier molecular flexibility index (Phi) is 6.61. The molecule has 5 rings (SSSR count). The summed E-state index contributed by atoms with van der Waals surface area (Å²) >= 11 is 1.05. The summed E-state index contributed by atoms with van der Waals surface area (Å²) in [5.74, 6) is -1.33. The van der Waals surface area contributed by atoms with Gasteiger partial charge in [0.15, 0.2) is 5.13 Å². The Morgan fingerprint density at radius 2 is 1.97 bits per heavy atom. The second-order valence-electron chi connectivity index (χ2n) is 9.42. The van der Waals surface area contributed by atoms with E-state index in [9.17, 15) is 24.8 Å². The number of carbonyl (C=O) groups is 2. The fourth-order valence-corrected chi connectivity index (χ4v) is 5.75. The minimum Gasteiger partial charge on any atom is -0.507 e. The lowest BCUT2D eigenvalue weighted by atomic mass is 9.91. The first-order chi connectivity index (χ1) is 18.6. The first kappa shape index (κ1) is 26.0. The van der Waals surface area contributed by atoms with Crippen molar-refractivity contribution >= 4 is 49.8 Å². The predicted molar refractivity (Wildman–Crippen MR) is 147 cm³/mol. The van der Waals surface area contributed by atoms with Crippen LogP contribution in [0.4, 0.5) is 10.8 Å². The van der Waals surface area contributed by atoms with Gasteiger partial charge in [-0.2, -0.15) is 0 Å². The van der Waals surface area contributed by atoms with Crippen LogP contribution in [0.15, 0.2) is 60.4 Å². The maximum atomic E-state index is 13.5. The number of rotatable bonds is 6. The van der Waals surface area contributed by atoms with Gasteiger partial charge >= 0.3 is 5.91 Å². The number of nitrogens with zero attached hydrogens (tertiary/aromatic N) is 4. The van der Waals surface area contributed by atoms with Crippen LogP contribution in [-0.4, -0.2) is 38.8 Å². The molecule has 1 saturated heterocycles. The Morgan fingerprint density at radius 1 is 1.21 bits per heavy atom. The minimum absolute atomic E-state index is 0.0652. The average Bonchev–Trinajstić information content (AvgIpc) is 3.45. The van der Waals surface area contributed by atoms with Crippen LogP contribution in [0, 0.1) is 17.0 Å². The summed E-state index contributed by atoms with van der Waals surface area (Å²) in [6.07, 6.45) is 3.09. The SMILES string of the molecule is COc1cc(C)c(/C(O)=C2\C(=O)C(=O)N(c3nc4ccc([N+](=O)[O-])cc4s3)C2c2cccnc2)cc1C(C)C. The van der Waals surface area contributed by atoms with E-state index < -0.39 is 22.7 Å². The first-order valence-corrected chi connectivity index (χ1v) is 12.9. The lowest BCUT2D eigenvalue weighted by Crippen LogP contribution is -2.29. The fraction of sp³-hybridized carbons (Fsp3) is 0.214. The van der Waals surface area contributed by atoms with Crippen LogP contribution in [0.1, 0.15) is 48.1 Å². The molecule has 1 amide bonds. The number of hydrogen-bond donors (Lipinski definition) is 1. The molecule has 1 aliphatic rings. The Morgan fingerprint density at radius 3 is 2.62 bits per heavy atom. The van der Waals surface area contributed by atoms with Crippen molar-refractivity contribution in [3.8, 4) is 5.75 Å². The zero-order chi connectivity index (χ0) is 28.0. The Labute approximate surface area is 227 Å². The molecule has 0 bridgehead atoms. The lowest BCUT2D eigenvalue weighted by Gasteiger charge is -2.23. The molecule has 1 atom stereocenters. The number of aliphatic hydroxyl groups is 1. The van der Waals surface area contributed by atoms with E-state index >= 15 is 0 Å². The van der Waals surface area contributed by atoms with E-state index in [4.69, 9.17) is 4.74 Å². The van der Waals surface area contributed by atoms with Crippen molar-refractivity contribution < 1.29 is 24.4 Å². The summed E-state index contributed by atoms with van der Waals surface area (Å²) in [7, 11) is 1.57. The molecule has 0 saturated carbocycles. The van der Waals surface area contributed by atoms with E-state index in [0.29, 0.717) is 32.7 Å². The number of aliphatic hydroxyl groups excluding tert-OH is 1. The zero-order valence-corrected chi connectivity index (χ0v) is 22.4. The van der Waals surface area contributed by atoms with Crippen LogP contribution in [0.5, 0.6) is 5.75 Å². The number of hydrogen-bond acceptors (Lipinski definition) is 9. The number of aromatic nitrogens is 2. The number of anilines is 1. The van der Waals surface area contributed by atoms with Crippen molar-refractivity contribution in [2.75, 3.05) is 12.0 Å². The van der Waals surface area contributed by atoms with E-state index in [0.717, 1.165) is 16.9 Å². The number of methoxy groups -OCH3 is 1. The van der Waals surface area contributed by atoms with Crippen molar-refractivity contribution in [3.05, 3.63) is 92.8 Å². The van der Waals surface area contributed by atoms with Crippen LogP contribution in [0.2, 0.25) is 0 Å². The van der Waals surface area contributed by atoms with E-state index in [-0.39, 0.29) is 28.1 Å². The highest BCUT2D eigenvalue weighted by molar-refractivity contribution is 7.22. The zero-order valence-electron chi connectivity index (χ0n) is 21.5. The highest BCUT2D eigenvalue weighted by atomic mass is 32.1. The van der Waals surface area contributed by atoms with Crippen molar-refractivity contribution in [1.82, 2.24) is 9.97 Å². The normalized spacial score (nSPS) is 16.8. The van der Waals surface area contributed by atoms with Crippen molar-refractivity contribution in [2.24, 2.45) is 0 Å². The largest absolute Gasteiger partial charge is 0.507 e. The van der Waals surface area contributed by atoms with Gasteiger partial charge in [-0.1, -0.05) is 31.3 Å². The maximum absolute atomic E-state index is 13.5. The van der Waals surface area contributed by atoms with Crippen LogP contribution in [0.25, 0.3) is 16.0 Å². The third kappa shape index (κ3) is 4.40. The van der Waals surface area contributed by atoms with Gasteiger partial charge in [-0.3, -0.25) is 29.6 Å². The number of non-ortho nitro benzene ring substituents is 1. The molecule has 0 spiro atoms. The summed E-state index contributed by atoms with van der Waals surface area (Å²) in [5.41, 5.74) is 2.65. The number of ketones is 1. The number of ether oxygens (including phenoxy) is 1. The highest BCUT2D eigenvalue weighted by Crippen LogP contribution is 2.45. The number of fused-ring (bicyclic) bond motifs is 1. The van der Waals surface area contributed by atoms with Gasteiger partial charge in [0.1, 0.15) is 11.5 Å². The number of carbonyl (C=O) groups excluding carboxylic acids is 2. The standard InChI is InChI=1S/C28H24N4O6S/c1-14(2)18-12-19(15(3)10-21(18)38-4)25(33)23-24(16-6-5-9-29-13-16)31(27(35)26(23)34)28-30-20-8-7-17(32(36)37)11-22(20)39-28/h5-14,24,33H,1-4H3/b25-23+. The molecule has 10 nitrogen and oxygen atoms in total. The molecule has 0 radical (unpaired) electrons. The molecule has 1 aliphatic heterocycles. The molecular weight excluding hydrogens is 520 g/mol. The number of nitro groups is 1. The van der Waals surface area contributed by atoms with Crippen molar-refractivity contribution in [1.29, 1.82) is 0 Å². The van der Waals surface area contributed by atoms with Gasteiger partial charge in [0.2, 0.25) is 0 Å². The van der Waals surface area contributed by atoms with Gasteiger partial charge in [0, 0.05) is 30.1 Å². The second-order valence-corrected chi connectivity index (χ2v) is 10.4. The van der Waals surface area contributed by atoms with Gasteiger partial charge in [0.25, 0.3) is 11.5 Å². The molecule has 4 aromatic rings. The fourth-order valence-electron chi connectivity index (χ4n) is 4.73. The van der Waals surface area contributed by atoms with Gasteiger partial charge in [-0.15, -0.1) is 0 Å². The highest BCUT2D eigenvalue weighted by Gasteiger charge is 2.48. The van der Waals surface area contributed by atoms with Crippen LogP contribution in [0.3, 0.4) is 0 Å². The first-order valence-electron chi connectivity index (χ1n) is 12.1. The summed E-state index contributed by atoms with van der Waals surface area (Å²) in [4.78, 5) is 47.7. The Balaban J connectivity index is 1.73. The molecule has 3 heterocycles. The molecule has 2 aromatic heterocycles. The number of thiazole rings is 1. The van der Waals surface area contributed by atoms with Gasteiger partial charge in [-0.05, 0) is 53.8 Å². The third-order valence-electron chi connectivity index (χ3n) is 6.68. The summed E-state index contributed by atoms with van der Waals surface area (Å²) in [6, 6.07) is 10.1. The van der Waals surface area contributed by atoms with E-state index in [1.54, 1.807) is 44.5 Å². The van der Waals surface area contributed by atoms with Gasteiger partial charge in [0.05, 0.1) is 33.9 Å². The van der Waals surface area contributed by atoms with Gasteiger partial charge in [-0.25, -0.2) is 4.98 Å². The Hall–Kier alpha value is -4.64. The quantitative estimate of drug-likeness (QED) is 0.108. The molecule has 1 unspecified atom stereocenters. The van der Waals surface area contributed by atoms with Crippen molar-refractivity contribution in [3.63, 3.8) is 0 Å². The number of nitro benzene ring substituents is 1. The molecule has 0 aliphatic carbocycles. The minimum atomic E-state index is -1.02. The van der Waals surface area contributed by atoms with E-state index in [1.165, 1.54) is 29.3 Å². The molecule has 2 aromatic carbocycles. The summed E-state index contributed by atoms with van der Waals surface area (Å²) in [6.45, 7) is 5.77. The van der Waals surface area contributed by atoms with E-state index in [2.05, 4.69) is 9.97 Å². The topological polar surface area (TPSA) is 136 Å². The predicted octanol–water partition coefficient (Wildman–Crippen LogP) is 5.67. The monoisotopic (exact) mass is 544 g/mol. The molecular formula is C28H24N4O6S. The molecule has 39 heavy (non-hydrogen) atoms. The third-order valence-corrected chi connectivity index (χ3v) is 7.69. The van der Waals surface area contributed by atoms with E-state index in [1.807, 2.05) is 13.8 Å². The molecule has 11 heteroatoms. The molecule has 1 fully saturated rings. The second kappa shape index (κ2) is 9.91. The number of amides is 1. The van der Waals surface area contributed by atoms with Crippen LogP contribution >= 0.6 is 11.3 Å². The maximum Gasteiger partial charge on any atom is 0.301 e. The van der Waals surface area contributed by atoms with Crippen LogP contribution < -0.4 is 9.64 Å². The Bertz CT molecular complexity index is 1680. The molecule has 1 N–H and O–H groups in total. The van der Waals surface area contributed by atoms with Crippen LogP contribution in [-0.2, 0) is 9.59 Å². The number of Topliss-reactive ketones (excluding diaryl/α,β-unsaturated/α-hetero) is 1. The lowest BCUT2D eigenvalue weighted by molar-refractivity contribution is -0.384.